The van der Waals surface area contributed by atoms with Gasteiger partial charge in [-0.1, -0.05) is 12.2 Å². The molecule has 7 heteroatoms. The lowest BCUT2D eigenvalue weighted by molar-refractivity contribution is -0.0349. The van der Waals surface area contributed by atoms with E-state index in [0.717, 1.165) is 12.8 Å². The summed E-state index contributed by atoms with van der Waals surface area (Å²) >= 11 is 0. The number of aliphatic hydroxyl groups excluding tert-OH is 1. The van der Waals surface area contributed by atoms with Gasteiger partial charge in [-0.05, 0) is 18.8 Å². The Morgan fingerprint density at radius 2 is 2.05 bits per heavy atom. The Hall–Kier alpha value is -1.99. The van der Waals surface area contributed by atoms with Crippen LogP contribution in [0.15, 0.2) is 24.8 Å². The van der Waals surface area contributed by atoms with E-state index < -0.39 is 0 Å². The van der Waals surface area contributed by atoms with Crippen LogP contribution in [0, 0.1) is 11.8 Å². The molecule has 2 aliphatic rings. The van der Waals surface area contributed by atoms with Gasteiger partial charge in [0.1, 0.15) is 18.1 Å². The predicted molar refractivity (Wildman–Crippen MR) is 76.1 cm³/mol. The first kappa shape index (κ1) is 12.7. The number of aromatic nitrogens is 4. The molecule has 0 saturated carbocycles. The van der Waals surface area contributed by atoms with E-state index in [2.05, 4.69) is 27.1 Å². The number of rotatable bonds is 2. The van der Waals surface area contributed by atoms with Crippen molar-refractivity contribution in [2.75, 3.05) is 12.3 Å². The number of fused-ring (bicyclic) bond motifs is 2. The molecule has 4 atom stereocenters. The Labute approximate surface area is 121 Å². The summed E-state index contributed by atoms with van der Waals surface area (Å²) in [6.07, 6.45) is 9.06. The van der Waals surface area contributed by atoms with Gasteiger partial charge in [0.15, 0.2) is 11.5 Å². The summed E-state index contributed by atoms with van der Waals surface area (Å²) in [6.45, 7) is 0.0370. The van der Waals surface area contributed by atoms with Crippen molar-refractivity contribution >= 4 is 17.0 Å². The molecule has 0 radical (unpaired) electrons. The second-order valence-corrected chi connectivity index (χ2v) is 5.60. The van der Waals surface area contributed by atoms with E-state index in [0.29, 0.717) is 28.8 Å². The smallest absolute Gasteiger partial charge is 0.167 e. The third-order valence-corrected chi connectivity index (χ3v) is 4.53. The average Bonchev–Trinajstić information content (AvgIpc) is 3.09. The van der Waals surface area contributed by atoms with Crippen LogP contribution >= 0.6 is 0 Å². The van der Waals surface area contributed by atoms with Crippen LogP contribution in [0.25, 0.3) is 11.2 Å². The molecule has 3 heterocycles. The van der Waals surface area contributed by atoms with Gasteiger partial charge >= 0.3 is 0 Å². The standard InChI is InChI=1S/C14H17N5O2/c15-12-11-13(17-6-16-12)19(7-18-11)14-9-4-2-1-3-8(9)10(5-20)21-14/h1-2,6-10,14,20H,3-5H2,(H2,15,16,17)/t8-,9+,10+,14+/m0/s1. The lowest BCUT2D eigenvalue weighted by Crippen LogP contribution is -2.25. The number of nitrogens with two attached hydrogens (primary N) is 1. The van der Waals surface area contributed by atoms with Crippen LogP contribution in [0.5, 0.6) is 0 Å². The molecule has 2 aromatic rings. The number of hydrogen-bond donors (Lipinski definition) is 2. The van der Waals surface area contributed by atoms with E-state index >= 15 is 0 Å². The number of allylic oxidation sites excluding steroid dienone is 2. The molecule has 1 aliphatic carbocycles. The summed E-state index contributed by atoms with van der Waals surface area (Å²) in [5, 5.41) is 9.56. The fraction of sp³-hybridized carbons (Fsp3) is 0.500. The van der Waals surface area contributed by atoms with Gasteiger partial charge in [0.2, 0.25) is 0 Å². The number of aliphatic hydroxyl groups is 1. The van der Waals surface area contributed by atoms with Gasteiger partial charge in [-0.3, -0.25) is 4.57 Å². The van der Waals surface area contributed by atoms with Crippen molar-refractivity contribution in [3.8, 4) is 0 Å². The normalized spacial score (nSPS) is 31.7. The Bertz CT molecular complexity index is 698. The molecule has 4 rings (SSSR count). The van der Waals surface area contributed by atoms with E-state index in [9.17, 15) is 5.11 Å². The van der Waals surface area contributed by atoms with E-state index in [1.807, 2.05) is 4.57 Å². The van der Waals surface area contributed by atoms with Crippen molar-refractivity contribution in [2.24, 2.45) is 11.8 Å². The SMILES string of the molecule is Nc1ncnc2c1ncn2[C@@H]1O[C@H](CO)[C@H]2CC=CC[C@H]21. The van der Waals surface area contributed by atoms with Crippen LogP contribution in [-0.2, 0) is 4.74 Å². The quantitative estimate of drug-likeness (QED) is 0.795. The maximum atomic E-state index is 9.56. The summed E-state index contributed by atoms with van der Waals surface area (Å²) in [5.74, 6) is 1.03. The van der Waals surface area contributed by atoms with Gasteiger partial charge in [-0.15, -0.1) is 0 Å². The van der Waals surface area contributed by atoms with Crippen molar-refractivity contribution in [1.82, 2.24) is 19.5 Å². The lowest BCUT2D eigenvalue weighted by Gasteiger charge is -2.25. The predicted octanol–water partition coefficient (Wildman–Crippen LogP) is 0.881. The zero-order valence-corrected chi connectivity index (χ0v) is 11.5. The topological polar surface area (TPSA) is 99.1 Å². The molecule has 1 fully saturated rings. The van der Waals surface area contributed by atoms with Crippen molar-refractivity contribution in [2.45, 2.75) is 25.2 Å². The maximum Gasteiger partial charge on any atom is 0.167 e. The summed E-state index contributed by atoms with van der Waals surface area (Å²) in [6, 6.07) is 0. The van der Waals surface area contributed by atoms with Crippen LogP contribution in [0.4, 0.5) is 5.82 Å². The van der Waals surface area contributed by atoms with Crippen LogP contribution in [0.3, 0.4) is 0 Å². The molecule has 1 aliphatic heterocycles. The highest BCUT2D eigenvalue weighted by Crippen LogP contribution is 2.46. The van der Waals surface area contributed by atoms with Crippen LogP contribution < -0.4 is 5.73 Å². The molecule has 21 heavy (non-hydrogen) atoms. The van der Waals surface area contributed by atoms with E-state index in [4.69, 9.17) is 10.5 Å². The molecule has 7 nitrogen and oxygen atoms in total. The first-order valence-electron chi connectivity index (χ1n) is 7.14. The Morgan fingerprint density at radius 1 is 1.24 bits per heavy atom. The minimum absolute atomic E-state index is 0.0370. The number of hydrogen-bond acceptors (Lipinski definition) is 6. The summed E-state index contributed by atoms with van der Waals surface area (Å²) in [5.41, 5.74) is 7.11. The van der Waals surface area contributed by atoms with Gasteiger partial charge in [0.25, 0.3) is 0 Å². The van der Waals surface area contributed by atoms with Crippen molar-refractivity contribution in [1.29, 1.82) is 0 Å². The van der Waals surface area contributed by atoms with Crippen LogP contribution in [-0.4, -0.2) is 37.3 Å². The molecule has 0 unspecified atom stereocenters. The van der Waals surface area contributed by atoms with Gasteiger partial charge in [0, 0.05) is 5.92 Å². The maximum absolute atomic E-state index is 9.56. The number of ether oxygens (including phenoxy) is 1. The van der Waals surface area contributed by atoms with E-state index in [-0.39, 0.29) is 18.9 Å². The molecule has 3 N–H and O–H groups in total. The molecule has 1 saturated heterocycles. The number of anilines is 1. The van der Waals surface area contributed by atoms with E-state index in [1.54, 1.807) is 6.33 Å². The molecule has 110 valence electrons. The highest BCUT2D eigenvalue weighted by molar-refractivity contribution is 5.81. The molecular weight excluding hydrogens is 270 g/mol. The fourth-order valence-corrected chi connectivity index (χ4v) is 3.50. The summed E-state index contributed by atoms with van der Waals surface area (Å²) in [4.78, 5) is 12.5. The highest BCUT2D eigenvalue weighted by atomic mass is 16.5. The van der Waals surface area contributed by atoms with Gasteiger partial charge in [-0.2, -0.15) is 0 Å². The second kappa shape index (κ2) is 4.78. The first-order chi connectivity index (χ1) is 10.3. The minimum Gasteiger partial charge on any atom is -0.394 e. The molecule has 0 bridgehead atoms. The third-order valence-electron chi connectivity index (χ3n) is 4.53. The molecular formula is C14H17N5O2. The fourth-order valence-electron chi connectivity index (χ4n) is 3.50. The number of nitrogen functional groups attached to an aromatic ring is 1. The molecule has 0 amide bonds. The summed E-state index contributed by atoms with van der Waals surface area (Å²) < 4.78 is 8.00. The Morgan fingerprint density at radius 3 is 2.86 bits per heavy atom. The molecule has 2 aromatic heterocycles. The molecule has 0 aromatic carbocycles. The van der Waals surface area contributed by atoms with Gasteiger partial charge < -0.3 is 15.6 Å². The highest BCUT2D eigenvalue weighted by Gasteiger charge is 2.45. The van der Waals surface area contributed by atoms with Crippen molar-refractivity contribution < 1.29 is 9.84 Å². The average molecular weight is 287 g/mol. The number of imidazole rings is 1. The largest absolute Gasteiger partial charge is 0.394 e. The van der Waals surface area contributed by atoms with Gasteiger partial charge in [-0.25, -0.2) is 15.0 Å². The lowest BCUT2D eigenvalue weighted by atomic mass is 9.81. The van der Waals surface area contributed by atoms with Crippen LogP contribution in [0.1, 0.15) is 19.1 Å². The van der Waals surface area contributed by atoms with Crippen molar-refractivity contribution in [3.05, 3.63) is 24.8 Å². The second-order valence-electron chi connectivity index (χ2n) is 5.60. The number of nitrogens with zero attached hydrogens (tertiary/aromatic N) is 4. The van der Waals surface area contributed by atoms with Crippen molar-refractivity contribution in [3.63, 3.8) is 0 Å². The summed E-state index contributed by atoms with van der Waals surface area (Å²) in [7, 11) is 0. The van der Waals surface area contributed by atoms with E-state index in [1.165, 1.54) is 6.33 Å². The zero-order valence-electron chi connectivity index (χ0n) is 11.5. The monoisotopic (exact) mass is 287 g/mol. The molecule has 0 spiro atoms. The zero-order chi connectivity index (χ0) is 14.4. The first-order valence-corrected chi connectivity index (χ1v) is 7.14. The third kappa shape index (κ3) is 1.85. The van der Waals surface area contributed by atoms with Crippen LogP contribution in [0.2, 0.25) is 0 Å². The minimum atomic E-state index is -0.170. The Kier molecular flexibility index (Phi) is 2.90. The van der Waals surface area contributed by atoms with Gasteiger partial charge in [0.05, 0.1) is 19.0 Å². The Balaban J connectivity index is 1.78.